The van der Waals surface area contributed by atoms with Crippen molar-refractivity contribution in [3.05, 3.63) is 17.6 Å². The first-order chi connectivity index (χ1) is 13.0. The summed E-state index contributed by atoms with van der Waals surface area (Å²) in [5.74, 6) is 1.85. The summed E-state index contributed by atoms with van der Waals surface area (Å²) in [7, 11) is 1.69. The lowest BCUT2D eigenvalue weighted by atomic mass is 9.84. The number of anilines is 1. The third kappa shape index (κ3) is 4.39. The van der Waals surface area contributed by atoms with E-state index >= 15 is 0 Å². The monoisotopic (exact) mass is 374 g/mol. The number of nitrogens with one attached hydrogen (secondary N) is 1. The van der Waals surface area contributed by atoms with Gasteiger partial charge in [-0.1, -0.05) is 12.8 Å². The van der Waals surface area contributed by atoms with Crippen molar-refractivity contribution in [2.45, 2.75) is 70.9 Å². The topological polar surface area (TPSA) is 84.4 Å². The Morgan fingerprint density at radius 2 is 2.07 bits per heavy atom. The van der Waals surface area contributed by atoms with Crippen molar-refractivity contribution in [1.82, 2.24) is 15.3 Å². The number of esters is 1. The van der Waals surface area contributed by atoms with Gasteiger partial charge in [0.25, 0.3) is 0 Å². The Kier molecular flexibility index (Phi) is 6.29. The van der Waals surface area contributed by atoms with Crippen LogP contribution in [0.5, 0.6) is 0 Å². The van der Waals surface area contributed by atoms with E-state index in [0.717, 1.165) is 24.4 Å². The number of amides is 1. The SMILES string of the molecule is CCOC(=O)CCc1cc(N2[C@H](C(=O)NC)C[C@@H]3CCCC[C@@H]32)nc(C)n1. The number of hydrogen-bond donors (Lipinski definition) is 1. The summed E-state index contributed by atoms with van der Waals surface area (Å²) < 4.78 is 5.01. The highest BCUT2D eigenvalue weighted by atomic mass is 16.5. The van der Waals surface area contributed by atoms with Crippen LogP contribution in [0.25, 0.3) is 0 Å². The van der Waals surface area contributed by atoms with E-state index in [1.807, 2.05) is 13.0 Å². The quantitative estimate of drug-likeness (QED) is 0.768. The Labute approximate surface area is 160 Å². The van der Waals surface area contributed by atoms with Gasteiger partial charge in [0, 0.05) is 31.3 Å². The second-order valence-electron chi connectivity index (χ2n) is 7.45. The molecule has 1 aliphatic heterocycles. The summed E-state index contributed by atoms with van der Waals surface area (Å²) in [5, 5.41) is 2.81. The maximum atomic E-state index is 12.5. The van der Waals surface area contributed by atoms with Crippen molar-refractivity contribution in [3.63, 3.8) is 0 Å². The Morgan fingerprint density at radius 1 is 1.30 bits per heavy atom. The molecule has 148 valence electrons. The largest absolute Gasteiger partial charge is 0.466 e. The minimum Gasteiger partial charge on any atom is -0.466 e. The highest BCUT2D eigenvalue weighted by molar-refractivity contribution is 5.85. The maximum absolute atomic E-state index is 12.5. The molecule has 1 aromatic rings. The van der Waals surface area contributed by atoms with Crippen LogP contribution in [0.1, 0.15) is 57.0 Å². The first kappa shape index (κ1) is 19.6. The zero-order chi connectivity index (χ0) is 19.4. The molecule has 1 aromatic heterocycles. The molecule has 2 heterocycles. The van der Waals surface area contributed by atoms with E-state index in [1.165, 1.54) is 19.3 Å². The third-order valence-electron chi connectivity index (χ3n) is 5.67. The van der Waals surface area contributed by atoms with Gasteiger partial charge in [0.05, 0.1) is 13.0 Å². The molecule has 0 radical (unpaired) electrons. The van der Waals surface area contributed by atoms with E-state index in [9.17, 15) is 9.59 Å². The molecule has 1 N–H and O–H groups in total. The molecular weight excluding hydrogens is 344 g/mol. The molecule has 2 fully saturated rings. The Balaban J connectivity index is 1.85. The molecule has 2 aliphatic rings. The van der Waals surface area contributed by atoms with E-state index in [1.54, 1.807) is 14.0 Å². The van der Waals surface area contributed by atoms with Crippen LogP contribution < -0.4 is 10.2 Å². The molecule has 1 saturated heterocycles. The summed E-state index contributed by atoms with van der Waals surface area (Å²) in [6, 6.07) is 2.11. The molecule has 7 heteroatoms. The predicted octanol–water partition coefficient (Wildman–Crippen LogP) is 2.16. The van der Waals surface area contributed by atoms with Gasteiger partial charge in [-0.2, -0.15) is 0 Å². The number of likely N-dealkylation sites (N-methyl/N-ethyl adjacent to an activating group) is 1. The van der Waals surface area contributed by atoms with Crippen molar-refractivity contribution < 1.29 is 14.3 Å². The van der Waals surface area contributed by atoms with Gasteiger partial charge in [-0.3, -0.25) is 9.59 Å². The molecule has 0 bridgehead atoms. The Morgan fingerprint density at radius 3 is 2.81 bits per heavy atom. The molecule has 7 nitrogen and oxygen atoms in total. The first-order valence-corrected chi connectivity index (χ1v) is 10.0. The van der Waals surface area contributed by atoms with Gasteiger partial charge in [0.2, 0.25) is 5.91 Å². The molecule has 1 aliphatic carbocycles. The van der Waals surface area contributed by atoms with Gasteiger partial charge < -0.3 is 15.0 Å². The fraction of sp³-hybridized carbons (Fsp3) is 0.700. The number of hydrogen-bond acceptors (Lipinski definition) is 6. The molecular formula is C20H30N4O3. The van der Waals surface area contributed by atoms with Crippen LogP contribution in [0.3, 0.4) is 0 Å². The maximum Gasteiger partial charge on any atom is 0.306 e. The number of ether oxygens (including phenoxy) is 1. The van der Waals surface area contributed by atoms with Crippen molar-refractivity contribution in [3.8, 4) is 0 Å². The average molecular weight is 374 g/mol. The molecule has 0 aromatic carbocycles. The second kappa shape index (κ2) is 8.67. The summed E-state index contributed by atoms with van der Waals surface area (Å²) in [6.07, 6.45) is 6.40. The Hall–Kier alpha value is -2.18. The average Bonchev–Trinajstić information content (AvgIpc) is 3.05. The molecule has 1 saturated carbocycles. The summed E-state index contributed by atoms with van der Waals surface area (Å²) in [4.78, 5) is 35.6. The smallest absolute Gasteiger partial charge is 0.306 e. The van der Waals surface area contributed by atoms with Gasteiger partial charge in [0.1, 0.15) is 17.7 Å². The lowest BCUT2D eigenvalue weighted by molar-refractivity contribution is -0.143. The van der Waals surface area contributed by atoms with Gasteiger partial charge >= 0.3 is 5.97 Å². The summed E-state index contributed by atoms with van der Waals surface area (Å²) >= 11 is 0. The second-order valence-corrected chi connectivity index (χ2v) is 7.45. The lowest BCUT2D eigenvalue weighted by Crippen LogP contribution is -2.46. The zero-order valence-electron chi connectivity index (χ0n) is 16.5. The van der Waals surface area contributed by atoms with Crippen LogP contribution in [0.2, 0.25) is 0 Å². The fourth-order valence-electron chi connectivity index (χ4n) is 4.53. The normalized spacial score (nSPS) is 24.4. The van der Waals surface area contributed by atoms with E-state index in [-0.39, 0.29) is 17.9 Å². The van der Waals surface area contributed by atoms with Crippen molar-refractivity contribution in [2.24, 2.45) is 5.92 Å². The van der Waals surface area contributed by atoms with Gasteiger partial charge in [-0.05, 0) is 39.0 Å². The molecule has 0 spiro atoms. The number of carbonyl (C=O) groups is 2. The van der Waals surface area contributed by atoms with Crippen LogP contribution in [-0.4, -0.2) is 47.6 Å². The van der Waals surface area contributed by atoms with Gasteiger partial charge in [0.15, 0.2) is 0 Å². The van der Waals surface area contributed by atoms with E-state index in [2.05, 4.69) is 20.2 Å². The first-order valence-electron chi connectivity index (χ1n) is 10.0. The van der Waals surface area contributed by atoms with E-state index in [0.29, 0.717) is 37.2 Å². The highest BCUT2D eigenvalue weighted by Gasteiger charge is 2.45. The third-order valence-corrected chi connectivity index (χ3v) is 5.67. The molecule has 3 atom stereocenters. The number of fused-ring (bicyclic) bond motifs is 1. The van der Waals surface area contributed by atoms with Gasteiger partial charge in [-0.15, -0.1) is 0 Å². The number of rotatable bonds is 6. The Bertz CT molecular complexity index is 694. The standard InChI is InChI=1S/C20H30N4O3/c1-4-27-19(25)10-9-15-12-18(23-13(2)22-15)24-16-8-6-5-7-14(16)11-17(24)20(26)21-3/h12,14,16-17H,4-11H2,1-3H3,(H,21,26)/t14-,16-,17-/m0/s1. The van der Waals surface area contributed by atoms with Crippen LogP contribution in [0.15, 0.2) is 6.07 Å². The highest BCUT2D eigenvalue weighted by Crippen LogP contribution is 2.41. The minimum atomic E-state index is -0.216. The summed E-state index contributed by atoms with van der Waals surface area (Å²) in [5.41, 5.74) is 0.820. The van der Waals surface area contributed by atoms with E-state index in [4.69, 9.17) is 4.74 Å². The lowest BCUT2D eigenvalue weighted by Gasteiger charge is -2.34. The molecule has 27 heavy (non-hydrogen) atoms. The van der Waals surface area contributed by atoms with Gasteiger partial charge in [-0.25, -0.2) is 9.97 Å². The minimum absolute atomic E-state index is 0.0498. The zero-order valence-corrected chi connectivity index (χ0v) is 16.5. The number of aryl methyl sites for hydroxylation is 2. The van der Waals surface area contributed by atoms with Crippen molar-refractivity contribution in [1.29, 1.82) is 0 Å². The fourth-order valence-corrected chi connectivity index (χ4v) is 4.53. The summed E-state index contributed by atoms with van der Waals surface area (Å²) in [6.45, 7) is 4.05. The number of nitrogens with zero attached hydrogens (tertiary/aromatic N) is 3. The van der Waals surface area contributed by atoms with Crippen molar-refractivity contribution in [2.75, 3.05) is 18.6 Å². The predicted molar refractivity (Wildman–Crippen MR) is 102 cm³/mol. The molecule has 0 unspecified atom stereocenters. The van der Waals surface area contributed by atoms with Crippen LogP contribution in [0.4, 0.5) is 5.82 Å². The molecule has 1 amide bonds. The van der Waals surface area contributed by atoms with Crippen LogP contribution in [0, 0.1) is 12.8 Å². The molecule has 3 rings (SSSR count). The van der Waals surface area contributed by atoms with Crippen LogP contribution >= 0.6 is 0 Å². The van der Waals surface area contributed by atoms with E-state index < -0.39 is 0 Å². The number of aromatic nitrogens is 2. The van der Waals surface area contributed by atoms with Crippen molar-refractivity contribution >= 4 is 17.7 Å². The number of carbonyl (C=O) groups excluding carboxylic acids is 2. The van der Waals surface area contributed by atoms with Crippen LogP contribution in [-0.2, 0) is 20.7 Å².